The molecule has 0 amide bonds. The summed E-state index contributed by atoms with van der Waals surface area (Å²) in [4.78, 5) is 27.8. The number of aromatic hydroxyl groups is 2. The van der Waals surface area contributed by atoms with Crippen molar-refractivity contribution in [1.29, 1.82) is 0 Å². The van der Waals surface area contributed by atoms with Gasteiger partial charge in [-0.3, -0.25) is 15.1 Å². The lowest BCUT2D eigenvalue weighted by atomic mass is 10.3. The smallest absolute Gasteiger partial charge is 0.276 e. The molecule has 1 aliphatic heterocycles. The summed E-state index contributed by atoms with van der Waals surface area (Å²) in [5, 5.41) is 29.6. The van der Waals surface area contributed by atoms with Crippen molar-refractivity contribution >= 4 is 17.6 Å². The van der Waals surface area contributed by atoms with Crippen LogP contribution in [0.3, 0.4) is 0 Å². The number of H-pyrrole nitrogens is 1. The molecule has 0 radical (unpaired) electrons. The van der Waals surface area contributed by atoms with E-state index in [1.165, 1.54) is 18.2 Å². The summed E-state index contributed by atoms with van der Waals surface area (Å²) in [7, 11) is 0. The monoisotopic (exact) mass is 274 g/mol. The first-order valence-electron chi connectivity index (χ1n) is 5.31. The maximum atomic E-state index is 10.6. The molecule has 2 aromatic rings. The van der Waals surface area contributed by atoms with E-state index < -0.39 is 16.7 Å². The van der Waals surface area contributed by atoms with E-state index >= 15 is 0 Å². The molecule has 1 aromatic carbocycles. The number of aromatic amines is 1. The van der Waals surface area contributed by atoms with E-state index in [-0.39, 0.29) is 17.6 Å². The number of nitrogens with one attached hydrogen (secondary N) is 1. The number of benzene rings is 1. The fourth-order valence-electron chi connectivity index (χ4n) is 1.59. The van der Waals surface area contributed by atoms with Crippen molar-refractivity contribution in [3.8, 4) is 11.8 Å². The average Bonchev–Trinajstić information content (AvgIpc) is 2.92. The molecule has 1 aromatic heterocycles. The van der Waals surface area contributed by atoms with Crippen molar-refractivity contribution in [2.75, 3.05) is 0 Å². The van der Waals surface area contributed by atoms with Gasteiger partial charge in [-0.25, -0.2) is 9.98 Å². The Labute approximate surface area is 109 Å². The van der Waals surface area contributed by atoms with Crippen LogP contribution < -0.4 is 10.7 Å². The standard InChI is InChI=1S/C10H6N6O4/c17-7-8(18)14-10(13-7)15-9-11-5-2-1-4(16(19)20)3-6(5)12-9/h1-3,17-18H,(H,13,14)/b15-9+. The Balaban J connectivity index is 2.04. The second-order valence-electron chi connectivity index (χ2n) is 3.80. The molecule has 0 aliphatic carbocycles. The number of aromatic nitrogens is 2. The van der Waals surface area contributed by atoms with Gasteiger partial charge in [-0.05, 0) is 6.07 Å². The molecule has 0 saturated carbocycles. The van der Waals surface area contributed by atoms with Gasteiger partial charge >= 0.3 is 0 Å². The molecule has 0 fully saturated rings. The fourth-order valence-corrected chi connectivity index (χ4v) is 1.59. The summed E-state index contributed by atoms with van der Waals surface area (Å²) in [5.74, 6) is -1.18. The van der Waals surface area contributed by atoms with Crippen LogP contribution in [-0.2, 0) is 0 Å². The number of aliphatic imine (C=N–C) groups is 1. The molecule has 0 atom stereocenters. The number of hydrogen-bond donors (Lipinski definition) is 3. The van der Waals surface area contributed by atoms with Gasteiger partial charge < -0.3 is 10.2 Å². The maximum absolute atomic E-state index is 10.6. The third kappa shape index (κ3) is 1.94. The number of fused-ring (bicyclic) bond motifs is 1. The summed E-state index contributed by atoms with van der Waals surface area (Å²) in [6.07, 6.45) is 0. The van der Waals surface area contributed by atoms with Gasteiger partial charge in [0.05, 0.1) is 15.6 Å². The number of rotatable bonds is 2. The molecule has 0 saturated heterocycles. The van der Waals surface area contributed by atoms with Crippen LogP contribution in [0.5, 0.6) is 11.8 Å². The lowest BCUT2D eigenvalue weighted by Crippen LogP contribution is -2.21. The number of nitro groups is 1. The van der Waals surface area contributed by atoms with Gasteiger partial charge in [0.1, 0.15) is 0 Å². The SMILES string of the molecule is O=[N+]([O-])c1ccc2c(c1)=N/C(=N/c1nc(O)c(O)[nH]1)N=2. The third-order valence-corrected chi connectivity index (χ3v) is 2.47. The number of guanidine groups is 1. The van der Waals surface area contributed by atoms with Crippen molar-refractivity contribution in [3.05, 3.63) is 39.0 Å². The lowest BCUT2D eigenvalue weighted by molar-refractivity contribution is -0.385. The zero-order valence-electron chi connectivity index (χ0n) is 9.68. The van der Waals surface area contributed by atoms with Crippen LogP contribution in [0.1, 0.15) is 0 Å². The molecule has 0 unspecified atom stereocenters. The second-order valence-corrected chi connectivity index (χ2v) is 3.80. The van der Waals surface area contributed by atoms with Gasteiger partial charge in [0.25, 0.3) is 23.4 Å². The van der Waals surface area contributed by atoms with Crippen LogP contribution >= 0.6 is 0 Å². The molecule has 10 heteroatoms. The molecule has 10 nitrogen and oxygen atoms in total. The van der Waals surface area contributed by atoms with Crippen LogP contribution in [0.2, 0.25) is 0 Å². The molecule has 2 heterocycles. The number of non-ortho nitro benzene ring substituents is 1. The predicted octanol–water partition coefficient (Wildman–Crippen LogP) is -0.330. The Morgan fingerprint density at radius 2 is 2.00 bits per heavy atom. The van der Waals surface area contributed by atoms with Crippen molar-refractivity contribution in [2.24, 2.45) is 15.0 Å². The first-order valence-corrected chi connectivity index (χ1v) is 5.31. The molecule has 3 N–H and O–H groups in total. The molecule has 20 heavy (non-hydrogen) atoms. The molecule has 100 valence electrons. The largest absolute Gasteiger partial charge is 0.491 e. The molecular weight excluding hydrogens is 268 g/mol. The van der Waals surface area contributed by atoms with E-state index in [0.717, 1.165) is 0 Å². The van der Waals surface area contributed by atoms with Gasteiger partial charge in [-0.15, -0.1) is 0 Å². The summed E-state index contributed by atoms with van der Waals surface area (Å²) >= 11 is 0. The summed E-state index contributed by atoms with van der Waals surface area (Å²) in [5.41, 5.74) is -0.0998. The van der Waals surface area contributed by atoms with E-state index in [2.05, 4.69) is 24.9 Å². The van der Waals surface area contributed by atoms with Gasteiger partial charge in [0.2, 0.25) is 5.95 Å². The number of imidazole rings is 1. The average molecular weight is 274 g/mol. The van der Waals surface area contributed by atoms with Gasteiger partial charge in [0, 0.05) is 12.1 Å². The minimum atomic E-state index is -0.588. The number of nitro benzene ring substituents is 1. The van der Waals surface area contributed by atoms with Crippen LogP contribution in [0.25, 0.3) is 0 Å². The highest BCUT2D eigenvalue weighted by Gasteiger charge is 2.12. The second kappa shape index (κ2) is 4.12. The Morgan fingerprint density at radius 1 is 1.25 bits per heavy atom. The Bertz CT molecular complexity index is 849. The Morgan fingerprint density at radius 3 is 2.65 bits per heavy atom. The maximum Gasteiger partial charge on any atom is 0.276 e. The molecule has 3 rings (SSSR count). The van der Waals surface area contributed by atoms with Crippen LogP contribution in [0.4, 0.5) is 11.6 Å². The van der Waals surface area contributed by atoms with Crippen molar-refractivity contribution in [2.45, 2.75) is 0 Å². The van der Waals surface area contributed by atoms with Crippen LogP contribution in [0, 0.1) is 10.1 Å². The summed E-state index contributed by atoms with van der Waals surface area (Å²) < 4.78 is 0. The predicted molar refractivity (Wildman–Crippen MR) is 64.4 cm³/mol. The molecule has 1 aliphatic rings. The third-order valence-electron chi connectivity index (χ3n) is 2.47. The van der Waals surface area contributed by atoms with Gasteiger partial charge in [0.15, 0.2) is 0 Å². The zero-order chi connectivity index (χ0) is 14.3. The Hall–Kier alpha value is -3.30. The number of nitrogens with zero attached hydrogens (tertiary/aromatic N) is 5. The van der Waals surface area contributed by atoms with Crippen LogP contribution in [0.15, 0.2) is 33.2 Å². The summed E-state index contributed by atoms with van der Waals surface area (Å²) in [6.45, 7) is 0. The van der Waals surface area contributed by atoms with E-state index in [0.29, 0.717) is 10.7 Å². The molecular formula is C10H6N6O4. The van der Waals surface area contributed by atoms with Gasteiger partial charge in [-0.1, -0.05) is 0 Å². The molecule has 0 bridgehead atoms. The highest BCUT2D eigenvalue weighted by atomic mass is 16.6. The van der Waals surface area contributed by atoms with E-state index in [4.69, 9.17) is 10.2 Å². The topological polar surface area (TPSA) is 149 Å². The quantitative estimate of drug-likeness (QED) is 0.506. The zero-order valence-corrected chi connectivity index (χ0v) is 9.68. The minimum Gasteiger partial charge on any atom is -0.491 e. The first-order chi connectivity index (χ1) is 9.52. The van der Waals surface area contributed by atoms with E-state index in [1.807, 2.05) is 0 Å². The lowest BCUT2D eigenvalue weighted by Gasteiger charge is -1.86. The minimum absolute atomic E-state index is 0.00856. The highest BCUT2D eigenvalue weighted by molar-refractivity contribution is 5.85. The first kappa shape index (κ1) is 11.8. The Kier molecular flexibility index (Phi) is 2.42. The van der Waals surface area contributed by atoms with E-state index in [9.17, 15) is 10.1 Å². The van der Waals surface area contributed by atoms with Crippen molar-refractivity contribution in [1.82, 2.24) is 9.97 Å². The van der Waals surface area contributed by atoms with Gasteiger partial charge in [-0.2, -0.15) is 9.98 Å². The summed E-state index contributed by atoms with van der Waals surface area (Å²) in [6, 6.07) is 4.04. The van der Waals surface area contributed by atoms with Crippen LogP contribution in [-0.4, -0.2) is 31.1 Å². The number of hydrogen-bond acceptors (Lipinski definition) is 6. The normalized spacial score (nSPS) is 14.7. The highest BCUT2D eigenvalue weighted by Crippen LogP contribution is 2.24. The van der Waals surface area contributed by atoms with Crippen molar-refractivity contribution in [3.63, 3.8) is 0 Å². The van der Waals surface area contributed by atoms with E-state index in [1.54, 1.807) is 0 Å². The van der Waals surface area contributed by atoms with Crippen molar-refractivity contribution < 1.29 is 15.1 Å². The fraction of sp³-hybridized carbons (Fsp3) is 0. The molecule has 0 spiro atoms.